The molecule has 5 heterocycles. The van der Waals surface area contributed by atoms with Crippen molar-refractivity contribution >= 4 is 22.8 Å². The molecule has 2 aromatic heterocycles. The molecule has 0 saturated carbocycles. The first-order valence-corrected chi connectivity index (χ1v) is 17.7. The van der Waals surface area contributed by atoms with Crippen molar-refractivity contribution in [1.82, 2.24) is 39.8 Å². The molecule has 14 nitrogen and oxygen atoms in total. The lowest BCUT2D eigenvalue weighted by Gasteiger charge is -2.42. The summed E-state index contributed by atoms with van der Waals surface area (Å²) in [5.41, 5.74) is 15.4. The number of carbonyl (C=O) groups excluding carboxylic acids is 1. The molecule has 3 saturated heterocycles. The highest BCUT2D eigenvalue weighted by molar-refractivity contribution is 5.98. The largest absolute Gasteiger partial charge is 0.457 e. The molecular formula is C36H48N10O4. The first-order chi connectivity index (χ1) is 24.5. The molecule has 2 unspecified atom stereocenters. The third kappa shape index (κ3) is 8.06. The van der Waals surface area contributed by atoms with Crippen LogP contribution in [0.15, 0.2) is 60.9 Å². The van der Waals surface area contributed by atoms with Crippen molar-refractivity contribution in [3.05, 3.63) is 60.9 Å². The first-order valence-electron chi connectivity index (χ1n) is 17.7. The van der Waals surface area contributed by atoms with Gasteiger partial charge < -0.3 is 35.9 Å². The van der Waals surface area contributed by atoms with E-state index in [1.54, 1.807) is 0 Å². The van der Waals surface area contributed by atoms with E-state index in [-0.39, 0.29) is 18.0 Å². The molecule has 266 valence electrons. The Labute approximate surface area is 292 Å². The summed E-state index contributed by atoms with van der Waals surface area (Å²) in [4.78, 5) is 29.5. The highest BCUT2D eigenvalue weighted by atomic mass is 16.5. The Hall–Kier alpha value is -4.18. The van der Waals surface area contributed by atoms with Gasteiger partial charge in [-0.3, -0.25) is 14.6 Å². The van der Waals surface area contributed by atoms with Gasteiger partial charge in [-0.25, -0.2) is 14.6 Å². The zero-order valence-electron chi connectivity index (χ0n) is 28.5. The van der Waals surface area contributed by atoms with E-state index in [9.17, 15) is 4.79 Å². The molecule has 7 rings (SSSR count). The molecule has 2 aromatic carbocycles. The van der Waals surface area contributed by atoms with Gasteiger partial charge in [0, 0.05) is 50.9 Å². The number of anilines is 1. The zero-order valence-corrected chi connectivity index (χ0v) is 28.5. The molecule has 3 aliphatic rings. The van der Waals surface area contributed by atoms with Gasteiger partial charge in [-0.15, -0.1) is 0 Å². The lowest BCUT2D eigenvalue weighted by molar-refractivity contribution is -0.140. The molecule has 3 fully saturated rings. The van der Waals surface area contributed by atoms with Crippen LogP contribution in [0.1, 0.15) is 18.9 Å². The third-order valence-corrected chi connectivity index (χ3v) is 9.84. The summed E-state index contributed by atoms with van der Waals surface area (Å²) in [5.74, 6) is 1.87. The summed E-state index contributed by atoms with van der Waals surface area (Å²) in [6.07, 6.45) is 3.12. The number of nitrogens with one attached hydrogen (secondary N) is 1. The van der Waals surface area contributed by atoms with E-state index in [1.807, 2.05) is 64.2 Å². The molecule has 0 aliphatic carbocycles. The highest BCUT2D eigenvalue weighted by Gasteiger charge is 2.39. The number of hydrogen-bond donors (Lipinski definition) is 3. The predicted octanol–water partition coefficient (Wildman–Crippen LogP) is 1.98. The standard InChI is InChI=1S/C36H48N10O4/c37-30(11-14-44-17-21-49-22-18-44)33(39-12-4-13-43-15-19-48-20-16-43)36(47)45-23-27(24-45)46-35-31(34(38)40-25-41-35)32(42-46)26-7-9-29(10-8-26)50-28-5-2-1-3-6-28/h1-3,5-10,25,27,30,33,39H,4,11-24,37H2,(H2,38,40,41). The highest BCUT2D eigenvalue weighted by Crippen LogP contribution is 2.35. The molecule has 0 radical (unpaired) electrons. The van der Waals surface area contributed by atoms with Gasteiger partial charge in [-0.05, 0) is 68.9 Å². The van der Waals surface area contributed by atoms with Crippen LogP contribution in [0.5, 0.6) is 11.5 Å². The normalized spacial score (nSPS) is 18.9. The molecule has 2 atom stereocenters. The van der Waals surface area contributed by atoms with Gasteiger partial charge in [-0.1, -0.05) is 18.2 Å². The second-order valence-electron chi connectivity index (χ2n) is 13.2. The van der Waals surface area contributed by atoms with Crippen LogP contribution in [0, 0.1) is 0 Å². The number of nitrogens with two attached hydrogens (primary N) is 2. The van der Waals surface area contributed by atoms with E-state index in [0.29, 0.717) is 41.4 Å². The molecule has 0 spiro atoms. The number of benzene rings is 2. The molecule has 3 aliphatic heterocycles. The van der Waals surface area contributed by atoms with Gasteiger partial charge in [0.1, 0.15) is 35.4 Å². The number of fused-ring (bicyclic) bond motifs is 1. The van der Waals surface area contributed by atoms with E-state index in [4.69, 9.17) is 30.8 Å². The first kappa shape index (κ1) is 34.3. The lowest BCUT2D eigenvalue weighted by Crippen LogP contribution is -2.61. The summed E-state index contributed by atoms with van der Waals surface area (Å²) >= 11 is 0. The van der Waals surface area contributed by atoms with Crippen LogP contribution in [0.2, 0.25) is 0 Å². The zero-order chi connectivity index (χ0) is 34.3. The van der Waals surface area contributed by atoms with E-state index in [0.717, 1.165) is 96.4 Å². The second kappa shape index (κ2) is 16.2. The summed E-state index contributed by atoms with van der Waals surface area (Å²) in [6, 6.07) is 16.6. The minimum atomic E-state index is -0.471. The fourth-order valence-corrected chi connectivity index (χ4v) is 6.87. The molecule has 1 amide bonds. The van der Waals surface area contributed by atoms with Crippen LogP contribution in [-0.4, -0.2) is 138 Å². The van der Waals surface area contributed by atoms with Crippen LogP contribution < -0.4 is 21.5 Å². The number of morpholine rings is 2. The van der Waals surface area contributed by atoms with Crippen molar-refractivity contribution in [2.24, 2.45) is 5.73 Å². The number of ether oxygens (including phenoxy) is 3. The van der Waals surface area contributed by atoms with Gasteiger partial charge in [0.2, 0.25) is 5.91 Å². The van der Waals surface area contributed by atoms with Crippen LogP contribution in [0.25, 0.3) is 22.3 Å². The topological polar surface area (TPSA) is 162 Å². The summed E-state index contributed by atoms with van der Waals surface area (Å²) < 4.78 is 18.9. The second-order valence-corrected chi connectivity index (χ2v) is 13.2. The quantitative estimate of drug-likeness (QED) is 0.166. The smallest absolute Gasteiger partial charge is 0.241 e. The van der Waals surface area contributed by atoms with Crippen LogP contribution in [0.4, 0.5) is 5.82 Å². The van der Waals surface area contributed by atoms with Crippen molar-refractivity contribution in [2.75, 3.05) is 91.1 Å². The summed E-state index contributed by atoms with van der Waals surface area (Å²) in [5, 5.41) is 9.24. The van der Waals surface area contributed by atoms with E-state index in [2.05, 4.69) is 25.1 Å². The average Bonchev–Trinajstić information content (AvgIpc) is 3.52. The molecule has 14 heteroatoms. The van der Waals surface area contributed by atoms with Crippen LogP contribution >= 0.6 is 0 Å². The number of likely N-dealkylation sites (tertiary alicyclic amines) is 1. The van der Waals surface area contributed by atoms with E-state index >= 15 is 0 Å². The average molecular weight is 685 g/mol. The van der Waals surface area contributed by atoms with Gasteiger partial charge in [-0.2, -0.15) is 5.10 Å². The Morgan fingerprint density at radius 3 is 2.26 bits per heavy atom. The molecule has 0 bridgehead atoms. The number of para-hydroxylation sites is 1. The number of carbonyl (C=O) groups is 1. The SMILES string of the molecule is Nc1ncnc2c1c(-c1ccc(Oc3ccccc3)cc1)nn2C1CN(C(=O)C(NCCCN2CCOCC2)C(N)CCN2CCOCC2)C1. The number of hydrogen-bond acceptors (Lipinski definition) is 12. The molecule has 4 aromatic rings. The maximum absolute atomic E-state index is 14.0. The van der Waals surface area contributed by atoms with E-state index in [1.165, 1.54) is 6.33 Å². The Morgan fingerprint density at radius 2 is 1.56 bits per heavy atom. The number of nitrogen functional groups attached to an aromatic ring is 1. The molecule has 5 N–H and O–H groups in total. The van der Waals surface area contributed by atoms with Crippen molar-refractivity contribution in [1.29, 1.82) is 0 Å². The fourth-order valence-electron chi connectivity index (χ4n) is 6.87. The Balaban J connectivity index is 1.02. The Morgan fingerprint density at radius 1 is 0.900 bits per heavy atom. The van der Waals surface area contributed by atoms with Crippen molar-refractivity contribution in [3.8, 4) is 22.8 Å². The fraction of sp³-hybridized carbons (Fsp3) is 0.500. The van der Waals surface area contributed by atoms with Gasteiger partial charge >= 0.3 is 0 Å². The van der Waals surface area contributed by atoms with Crippen molar-refractivity contribution < 1.29 is 19.0 Å². The van der Waals surface area contributed by atoms with Crippen molar-refractivity contribution in [3.63, 3.8) is 0 Å². The Kier molecular flexibility index (Phi) is 11.1. The van der Waals surface area contributed by atoms with Crippen LogP contribution in [-0.2, 0) is 14.3 Å². The maximum atomic E-state index is 14.0. The summed E-state index contributed by atoms with van der Waals surface area (Å²) in [7, 11) is 0. The predicted molar refractivity (Wildman–Crippen MR) is 191 cm³/mol. The molecule has 50 heavy (non-hydrogen) atoms. The minimum Gasteiger partial charge on any atom is -0.457 e. The summed E-state index contributed by atoms with van der Waals surface area (Å²) in [6.45, 7) is 10.3. The van der Waals surface area contributed by atoms with Crippen molar-refractivity contribution in [2.45, 2.75) is 31.0 Å². The third-order valence-electron chi connectivity index (χ3n) is 9.84. The number of rotatable bonds is 14. The number of amides is 1. The van der Waals surface area contributed by atoms with Gasteiger partial charge in [0.15, 0.2) is 5.65 Å². The minimum absolute atomic E-state index is 0.0296. The number of aromatic nitrogens is 4. The van der Waals surface area contributed by atoms with Gasteiger partial charge in [0.05, 0.1) is 37.9 Å². The Bertz CT molecular complexity index is 1690. The van der Waals surface area contributed by atoms with E-state index < -0.39 is 6.04 Å². The van der Waals surface area contributed by atoms with Gasteiger partial charge in [0.25, 0.3) is 0 Å². The molecular weight excluding hydrogens is 636 g/mol. The van der Waals surface area contributed by atoms with Crippen LogP contribution in [0.3, 0.4) is 0 Å². The lowest BCUT2D eigenvalue weighted by atomic mass is 10.00. The monoisotopic (exact) mass is 684 g/mol. The number of nitrogens with zero attached hydrogens (tertiary/aromatic N) is 7. The maximum Gasteiger partial charge on any atom is 0.241 e.